The van der Waals surface area contributed by atoms with Crippen molar-refractivity contribution in [2.75, 3.05) is 7.11 Å². The number of rotatable bonds is 8. The van der Waals surface area contributed by atoms with Gasteiger partial charge in [0.2, 0.25) is 0 Å². The number of hydrogen-bond donors (Lipinski definition) is 1. The lowest BCUT2D eigenvalue weighted by atomic mass is 9.85. The van der Waals surface area contributed by atoms with Crippen LogP contribution in [0.1, 0.15) is 29.2 Å². The van der Waals surface area contributed by atoms with Crippen molar-refractivity contribution in [3.8, 4) is 5.75 Å². The van der Waals surface area contributed by atoms with E-state index in [1.165, 1.54) is 12.1 Å². The second-order valence-electron chi connectivity index (χ2n) is 8.15. The van der Waals surface area contributed by atoms with Crippen LogP contribution in [-0.4, -0.2) is 24.8 Å². The largest absolute Gasteiger partial charge is 0.497 e. The van der Waals surface area contributed by atoms with E-state index in [0.717, 1.165) is 11.3 Å². The molecule has 4 rings (SSSR count). The van der Waals surface area contributed by atoms with E-state index in [-0.39, 0.29) is 6.61 Å². The highest BCUT2D eigenvalue weighted by atomic mass is 35.5. The van der Waals surface area contributed by atoms with Gasteiger partial charge in [-0.15, -0.1) is 0 Å². The van der Waals surface area contributed by atoms with Gasteiger partial charge < -0.3 is 14.8 Å². The number of urea groups is 1. The average Bonchev–Trinajstić information content (AvgIpc) is 2.86. The van der Waals surface area contributed by atoms with Crippen LogP contribution in [0.2, 0.25) is 5.02 Å². The fourth-order valence-corrected chi connectivity index (χ4v) is 4.23. The number of benzene rings is 3. The Morgan fingerprint density at radius 3 is 2.51 bits per heavy atom. The van der Waals surface area contributed by atoms with Gasteiger partial charge in [0.1, 0.15) is 24.1 Å². The first-order valence-corrected chi connectivity index (χ1v) is 11.5. The van der Waals surface area contributed by atoms with Crippen molar-refractivity contribution in [3.63, 3.8) is 0 Å². The second-order valence-corrected chi connectivity index (χ2v) is 8.59. The molecule has 0 bridgehead atoms. The molecule has 6 nitrogen and oxygen atoms in total. The SMILES string of the molecule is COc1ccc(CCC2=NC(=O)NC(c3cccc(Cl)c3)C2C(=O)OCc2cccc(F)c2)cc1. The van der Waals surface area contributed by atoms with Crippen LogP contribution in [0, 0.1) is 11.7 Å². The number of carbonyl (C=O) groups excluding carboxylic acids is 2. The summed E-state index contributed by atoms with van der Waals surface area (Å²) in [6.07, 6.45) is 0.933. The summed E-state index contributed by atoms with van der Waals surface area (Å²) in [5, 5.41) is 3.26. The van der Waals surface area contributed by atoms with Crippen LogP contribution in [0.4, 0.5) is 9.18 Å². The smallest absolute Gasteiger partial charge is 0.341 e. The van der Waals surface area contributed by atoms with Gasteiger partial charge in [-0.1, -0.05) is 48.0 Å². The zero-order valence-electron chi connectivity index (χ0n) is 19.0. The molecule has 0 saturated carbocycles. The van der Waals surface area contributed by atoms with Crippen molar-refractivity contribution in [1.82, 2.24) is 5.32 Å². The van der Waals surface area contributed by atoms with E-state index in [0.29, 0.717) is 34.7 Å². The number of ether oxygens (including phenoxy) is 2. The lowest BCUT2D eigenvalue weighted by Crippen LogP contribution is -2.45. The summed E-state index contributed by atoms with van der Waals surface area (Å²) >= 11 is 6.18. The molecule has 0 aromatic heterocycles. The number of methoxy groups -OCH3 is 1. The molecule has 8 heteroatoms. The van der Waals surface area contributed by atoms with Crippen LogP contribution in [0.25, 0.3) is 0 Å². The number of carbonyl (C=O) groups is 2. The minimum Gasteiger partial charge on any atom is -0.497 e. The highest BCUT2D eigenvalue weighted by molar-refractivity contribution is 6.30. The van der Waals surface area contributed by atoms with Crippen molar-refractivity contribution in [1.29, 1.82) is 0 Å². The van der Waals surface area contributed by atoms with E-state index in [1.54, 1.807) is 43.5 Å². The normalized spacial score (nSPS) is 17.3. The number of aryl methyl sites for hydroxylation is 1. The summed E-state index contributed by atoms with van der Waals surface area (Å²) in [7, 11) is 1.60. The maximum Gasteiger partial charge on any atom is 0.341 e. The van der Waals surface area contributed by atoms with Gasteiger partial charge in [0.05, 0.1) is 13.2 Å². The third-order valence-corrected chi connectivity index (χ3v) is 6.01. The van der Waals surface area contributed by atoms with E-state index in [2.05, 4.69) is 10.3 Å². The van der Waals surface area contributed by atoms with Gasteiger partial charge in [0.15, 0.2) is 0 Å². The molecule has 1 heterocycles. The molecule has 1 N–H and O–H groups in total. The first-order chi connectivity index (χ1) is 16.9. The van der Waals surface area contributed by atoms with E-state index in [4.69, 9.17) is 21.1 Å². The number of aliphatic imine (C=N–C) groups is 1. The van der Waals surface area contributed by atoms with Crippen LogP contribution in [0.15, 0.2) is 77.8 Å². The maximum absolute atomic E-state index is 13.6. The Morgan fingerprint density at radius 1 is 1.03 bits per heavy atom. The standard InChI is InChI=1S/C27H24ClFN2O4/c1-34-22-11-8-17(9-12-22)10-13-23-24(26(32)35-16-18-4-2-7-21(29)14-18)25(31-27(33)30-23)19-5-3-6-20(28)15-19/h2-9,11-12,14-15,24-25H,10,13,16H2,1H3,(H,31,33). The fraction of sp³-hybridized carbons (Fsp3) is 0.222. The topological polar surface area (TPSA) is 77.0 Å². The summed E-state index contributed by atoms with van der Waals surface area (Å²) in [6.45, 7) is -0.102. The summed E-state index contributed by atoms with van der Waals surface area (Å²) in [6, 6.07) is 19.1. The number of nitrogens with zero attached hydrogens (tertiary/aromatic N) is 1. The molecule has 35 heavy (non-hydrogen) atoms. The zero-order chi connectivity index (χ0) is 24.8. The molecule has 3 aromatic rings. The lowest BCUT2D eigenvalue weighted by molar-refractivity contribution is -0.148. The maximum atomic E-state index is 13.6. The predicted molar refractivity (Wildman–Crippen MR) is 131 cm³/mol. The van der Waals surface area contributed by atoms with E-state index < -0.39 is 29.8 Å². The highest BCUT2D eigenvalue weighted by Gasteiger charge is 2.39. The van der Waals surface area contributed by atoms with Gasteiger partial charge in [-0.25, -0.2) is 14.2 Å². The van der Waals surface area contributed by atoms with Gasteiger partial charge in [0, 0.05) is 10.7 Å². The van der Waals surface area contributed by atoms with E-state index in [1.807, 2.05) is 24.3 Å². The summed E-state index contributed by atoms with van der Waals surface area (Å²) in [5.74, 6) is -1.10. The van der Waals surface area contributed by atoms with Crippen molar-refractivity contribution in [2.45, 2.75) is 25.5 Å². The number of halogens is 2. The average molecular weight is 495 g/mol. The molecule has 180 valence electrons. The minimum atomic E-state index is -0.863. The molecular formula is C27H24ClFN2O4. The Hall–Kier alpha value is -3.71. The molecular weight excluding hydrogens is 471 g/mol. The highest BCUT2D eigenvalue weighted by Crippen LogP contribution is 2.31. The second kappa shape index (κ2) is 11.1. The Bertz CT molecular complexity index is 1250. The number of amides is 2. The van der Waals surface area contributed by atoms with Crippen molar-refractivity contribution < 1.29 is 23.5 Å². The molecule has 0 aliphatic carbocycles. The molecule has 2 atom stereocenters. The van der Waals surface area contributed by atoms with Gasteiger partial charge in [0.25, 0.3) is 0 Å². The zero-order valence-corrected chi connectivity index (χ0v) is 19.8. The van der Waals surface area contributed by atoms with Gasteiger partial charge >= 0.3 is 12.0 Å². The van der Waals surface area contributed by atoms with E-state index >= 15 is 0 Å². The van der Waals surface area contributed by atoms with E-state index in [9.17, 15) is 14.0 Å². The van der Waals surface area contributed by atoms with Gasteiger partial charge in [-0.05, 0) is 65.9 Å². The third kappa shape index (κ3) is 6.25. The first-order valence-electron chi connectivity index (χ1n) is 11.1. The fourth-order valence-electron chi connectivity index (χ4n) is 4.04. The van der Waals surface area contributed by atoms with Crippen molar-refractivity contribution in [3.05, 3.63) is 100 Å². The Balaban J connectivity index is 1.59. The molecule has 0 fully saturated rings. The summed E-state index contributed by atoms with van der Waals surface area (Å²) in [4.78, 5) is 30.0. The molecule has 0 saturated heterocycles. The van der Waals surface area contributed by atoms with Crippen LogP contribution in [0.3, 0.4) is 0 Å². The van der Waals surface area contributed by atoms with Crippen LogP contribution >= 0.6 is 11.6 Å². The quantitative estimate of drug-likeness (QED) is 0.408. The monoisotopic (exact) mass is 494 g/mol. The van der Waals surface area contributed by atoms with Crippen molar-refractivity contribution >= 4 is 29.3 Å². The molecule has 0 radical (unpaired) electrons. The lowest BCUT2D eigenvalue weighted by Gasteiger charge is -2.31. The molecule has 2 amide bonds. The Labute approximate surface area is 207 Å². The number of nitrogens with one attached hydrogen (secondary N) is 1. The summed E-state index contributed by atoms with van der Waals surface area (Å²) in [5.41, 5.74) is 2.61. The molecule has 1 aliphatic rings. The van der Waals surface area contributed by atoms with Crippen LogP contribution in [-0.2, 0) is 22.6 Å². The Kier molecular flexibility index (Phi) is 7.77. The number of hydrogen-bond acceptors (Lipinski definition) is 4. The molecule has 3 aromatic carbocycles. The van der Waals surface area contributed by atoms with Gasteiger partial charge in [-0.3, -0.25) is 4.79 Å². The third-order valence-electron chi connectivity index (χ3n) is 5.78. The van der Waals surface area contributed by atoms with Crippen LogP contribution < -0.4 is 10.1 Å². The Morgan fingerprint density at radius 2 is 1.80 bits per heavy atom. The molecule has 2 unspecified atom stereocenters. The minimum absolute atomic E-state index is 0.102. The van der Waals surface area contributed by atoms with Crippen LogP contribution in [0.5, 0.6) is 5.75 Å². The molecule has 1 aliphatic heterocycles. The first kappa shape index (κ1) is 24.4. The summed E-state index contributed by atoms with van der Waals surface area (Å²) < 4.78 is 24.3. The van der Waals surface area contributed by atoms with Crippen molar-refractivity contribution in [2.24, 2.45) is 10.9 Å². The molecule has 0 spiro atoms. The van der Waals surface area contributed by atoms with Gasteiger partial charge in [-0.2, -0.15) is 0 Å². The predicted octanol–water partition coefficient (Wildman–Crippen LogP) is 5.69. The number of esters is 1.